The van der Waals surface area contributed by atoms with E-state index in [2.05, 4.69) is 0 Å². The molecule has 2 aliphatic carbocycles. The van der Waals surface area contributed by atoms with E-state index >= 15 is 0 Å². The monoisotopic (exact) mass is 224 g/mol. The fourth-order valence-corrected chi connectivity index (χ4v) is 3.83. The molecule has 1 heterocycles. The highest BCUT2D eigenvalue weighted by Crippen LogP contribution is 2.49. The lowest BCUT2D eigenvalue weighted by Crippen LogP contribution is -2.46. The van der Waals surface area contributed by atoms with Crippen molar-refractivity contribution in [1.29, 1.82) is 0 Å². The molecular weight excluding hydrogens is 200 g/mol. The third-order valence-electron chi connectivity index (χ3n) is 5.01. The zero-order valence-corrected chi connectivity index (χ0v) is 10.2. The first-order chi connectivity index (χ1) is 7.78. The molecule has 0 spiro atoms. The molecule has 3 fully saturated rings. The molecule has 3 aliphatic rings. The van der Waals surface area contributed by atoms with Crippen molar-refractivity contribution in [2.75, 3.05) is 13.2 Å². The first-order valence-electron chi connectivity index (χ1n) is 7.08. The summed E-state index contributed by atoms with van der Waals surface area (Å²) >= 11 is 0. The second-order valence-corrected chi connectivity index (χ2v) is 6.21. The van der Waals surface area contributed by atoms with Crippen LogP contribution in [0.2, 0.25) is 0 Å². The number of hydrogen-bond acceptors (Lipinski definition) is 2. The summed E-state index contributed by atoms with van der Waals surface area (Å²) in [5, 5.41) is 10.9. The van der Waals surface area contributed by atoms with Crippen LogP contribution in [0.15, 0.2) is 0 Å². The lowest BCUT2D eigenvalue weighted by atomic mass is 9.69. The third kappa shape index (κ3) is 2.14. The summed E-state index contributed by atoms with van der Waals surface area (Å²) in [5.74, 6) is 2.19. The highest BCUT2D eigenvalue weighted by atomic mass is 16.5. The van der Waals surface area contributed by atoms with Gasteiger partial charge in [-0.2, -0.15) is 0 Å². The Bertz CT molecular complexity index is 243. The van der Waals surface area contributed by atoms with Crippen LogP contribution in [0.1, 0.15) is 51.4 Å². The summed E-state index contributed by atoms with van der Waals surface area (Å²) in [4.78, 5) is 0. The summed E-state index contributed by atoms with van der Waals surface area (Å²) < 4.78 is 5.55. The van der Waals surface area contributed by atoms with E-state index in [1.807, 2.05) is 0 Å². The largest absolute Gasteiger partial charge is 0.390 e. The van der Waals surface area contributed by atoms with Crippen LogP contribution in [0, 0.1) is 17.8 Å². The van der Waals surface area contributed by atoms with Crippen molar-refractivity contribution in [3.63, 3.8) is 0 Å². The summed E-state index contributed by atoms with van der Waals surface area (Å²) in [7, 11) is 0. The Labute approximate surface area is 98.4 Å². The molecule has 0 radical (unpaired) electrons. The van der Waals surface area contributed by atoms with E-state index in [9.17, 15) is 5.11 Å². The van der Waals surface area contributed by atoms with Gasteiger partial charge in [0, 0.05) is 12.5 Å². The van der Waals surface area contributed by atoms with E-state index in [4.69, 9.17) is 4.74 Å². The SMILES string of the molecule is OC1(C2CCCOC2)CCCC(C2CC2)C1. The Balaban J connectivity index is 1.65. The van der Waals surface area contributed by atoms with E-state index in [0.29, 0.717) is 5.92 Å². The summed E-state index contributed by atoms with van der Waals surface area (Å²) in [6, 6.07) is 0. The van der Waals surface area contributed by atoms with Gasteiger partial charge in [0.15, 0.2) is 0 Å². The van der Waals surface area contributed by atoms with Gasteiger partial charge in [0.05, 0.1) is 12.2 Å². The van der Waals surface area contributed by atoms with Gasteiger partial charge in [-0.25, -0.2) is 0 Å². The van der Waals surface area contributed by atoms with Crippen LogP contribution in [0.5, 0.6) is 0 Å². The zero-order chi connectivity index (χ0) is 11.0. The normalized spacial score (nSPS) is 45.6. The Morgan fingerprint density at radius 1 is 1.00 bits per heavy atom. The Hall–Kier alpha value is -0.0800. The van der Waals surface area contributed by atoms with Crippen molar-refractivity contribution >= 4 is 0 Å². The molecule has 0 aromatic heterocycles. The van der Waals surface area contributed by atoms with Crippen molar-refractivity contribution in [2.24, 2.45) is 17.8 Å². The number of rotatable bonds is 2. The molecule has 2 heteroatoms. The number of aliphatic hydroxyl groups is 1. The average molecular weight is 224 g/mol. The van der Waals surface area contributed by atoms with Crippen molar-refractivity contribution in [1.82, 2.24) is 0 Å². The van der Waals surface area contributed by atoms with Crippen LogP contribution in [0.25, 0.3) is 0 Å². The molecular formula is C14H24O2. The van der Waals surface area contributed by atoms with Gasteiger partial charge < -0.3 is 9.84 Å². The molecule has 3 unspecified atom stereocenters. The summed E-state index contributed by atoms with van der Waals surface area (Å²) in [5.41, 5.74) is -0.383. The van der Waals surface area contributed by atoms with Gasteiger partial charge in [0.25, 0.3) is 0 Å². The molecule has 3 rings (SSSR count). The average Bonchev–Trinajstić information content (AvgIpc) is 3.14. The van der Waals surface area contributed by atoms with Crippen molar-refractivity contribution in [3.8, 4) is 0 Å². The molecule has 16 heavy (non-hydrogen) atoms. The van der Waals surface area contributed by atoms with Crippen LogP contribution in [0.4, 0.5) is 0 Å². The van der Waals surface area contributed by atoms with Gasteiger partial charge in [-0.15, -0.1) is 0 Å². The topological polar surface area (TPSA) is 29.5 Å². The molecule has 3 atom stereocenters. The Morgan fingerprint density at radius 2 is 1.88 bits per heavy atom. The van der Waals surface area contributed by atoms with Gasteiger partial charge in [-0.05, 0) is 56.8 Å². The van der Waals surface area contributed by atoms with Gasteiger partial charge in [0.1, 0.15) is 0 Å². The van der Waals surface area contributed by atoms with Crippen LogP contribution in [0.3, 0.4) is 0 Å². The van der Waals surface area contributed by atoms with Crippen LogP contribution in [-0.4, -0.2) is 23.9 Å². The minimum Gasteiger partial charge on any atom is -0.390 e. The standard InChI is InChI=1S/C14H24O2/c15-14(13-4-2-8-16-10-13)7-1-3-12(9-14)11-5-6-11/h11-13,15H,1-10H2. The zero-order valence-electron chi connectivity index (χ0n) is 10.2. The maximum absolute atomic E-state index is 10.9. The summed E-state index contributed by atoms with van der Waals surface area (Å²) in [6.07, 6.45) is 9.82. The predicted molar refractivity (Wildman–Crippen MR) is 63.2 cm³/mol. The summed E-state index contributed by atoms with van der Waals surface area (Å²) in [6.45, 7) is 1.70. The lowest BCUT2D eigenvalue weighted by Gasteiger charge is -2.44. The second-order valence-electron chi connectivity index (χ2n) is 6.21. The molecule has 0 aromatic rings. The van der Waals surface area contributed by atoms with Crippen LogP contribution >= 0.6 is 0 Å². The van der Waals surface area contributed by atoms with Gasteiger partial charge >= 0.3 is 0 Å². The van der Waals surface area contributed by atoms with Crippen molar-refractivity contribution in [3.05, 3.63) is 0 Å². The molecule has 1 saturated heterocycles. The molecule has 0 aromatic carbocycles. The minimum absolute atomic E-state index is 0.383. The fraction of sp³-hybridized carbons (Fsp3) is 1.00. The van der Waals surface area contributed by atoms with Gasteiger partial charge in [-0.1, -0.05) is 6.42 Å². The second kappa shape index (κ2) is 4.30. The van der Waals surface area contributed by atoms with Crippen LogP contribution < -0.4 is 0 Å². The molecule has 92 valence electrons. The third-order valence-corrected chi connectivity index (χ3v) is 5.01. The van der Waals surface area contributed by atoms with E-state index < -0.39 is 0 Å². The van der Waals surface area contributed by atoms with Crippen molar-refractivity contribution in [2.45, 2.75) is 57.0 Å². The lowest BCUT2D eigenvalue weighted by molar-refractivity contribution is -0.110. The van der Waals surface area contributed by atoms with Crippen LogP contribution in [-0.2, 0) is 4.74 Å². The maximum Gasteiger partial charge on any atom is 0.0700 e. The Kier molecular flexibility index (Phi) is 2.97. The molecule has 2 nitrogen and oxygen atoms in total. The predicted octanol–water partition coefficient (Wildman–Crippen LogP) is 2.74. The van der Waals surface area contributed by atoms with Gasteiger partial charge in [-0.3, -0.25) is 0 Å². The molecule has 0 bridgehead atoms. The van der Waals surface area contributed by atoms with Gasteiger partial charge in [0.2, 0.25) is 0 Å². The minimum atomic E-state index is -0.383. The van der Waals surface area contributed by atoms with Crippen molar-refractivity contribution < 1.29 is 9.84 Å². The highest BCUT2D eigenvalue weighted by molar-refractivity contribution is 4.96. The molecule has 1 N–H and O–H groups in total. The molecule has 1 aliphatic heterocycles. The number of ether oxygens (including phenoxy) is 1. The smallest absolute Gasteiger partial charge is 0.0700 e. The fourth-order valence-electron chi connectivity index (χ4n) is 3.83. The quantitative estimate of drug-likeness (QED) is 0.781. The first kappa shape index (κ1) is 11.0. The highest BCUT2D eigenvalue weighted by Gasteiger charge is 2.45. The van der Waals surface area contributed by atoms with E-state index in [1.54, 1.807) is 0 Å². The van der Waals surface area contributed by atoms with E-state index in [1.165, 1.54) is 32.1 Å². The number of hydrogen-bond donors (Lipinski definition) is 1. The van der Waals surface area contributed by atoms with E-state index in [-0.39, 0.29) is 5.60 Å². The van der Waals surface area contributed by atoms with E-state index in [0.717, 1.165) is 44.3 Å². The molecule has 2 saturated carbocycles. The first-order valence-corrected chi connectivity index (χ1v) is 7.08. The Morgan fingerprint density at radius 3 is 2.56 bits per heavy atom. The maximum atomic E-state index is 10.9. The molecule has 0 amide bonds.